The van der Waals surface area contributed by atoms with Gasteiger partial charge in [-0.3, -0.25) is 9.59 Å². The summed E-state index contributed by atoms with van der Waals surface area (Å²) in [5.74, 6) is -0.460. The number of ether oxygens (including phenoxy) is 1. The molecule has 0 saturated carbocycles. The highest BCUT2D eigenvalue weighted by Crippen LogP contribution is 2.23. The van der Waals surface area contributed by atoms with Crippen molar-refractivity contribution in [2.24, 2.45) is 5.92 Å². The Kier molecular flexibility index (Phi) is 5.68. The third kappa shape index (κ3) is 4.18. The molecule has 2 atom stereocenters. The van der Waals surface area contributed by atoms with E-state index < -0.39 is 0 Å². The third-order valence-corrected chi connectivity index (χ3v) is 5.02. The molecular weight excluding hydrogens is 323 g/mol. The zero-order valence-electron chi connectivity index (χ0n) is 14.6. The Morgan fingerprint density at radius 1 is 1.20 bits per heavy atom. The van der Waals surface area contributed by atoms with Gasteiger partial charge in [-0.2, -0.15) is 0 Å². The van der Waals surface area contributed by atoms with Crippen LogP contribution in [-0.2, 0) is 20.7 Å². The van der Waals surface area contributed by atoms with Crippen LogP contribution in [0.5, 0.6) is 0 Å². The van der Waals surface area contributed by atoms with Crippen LogP contribution in [0.15, 0.2) is 24.3 Å². The van der Waals surface area contributed by atoms with Crippen LogP contribution in [-0.4, -0.2) is 60.5 Å². The number of benzene rings is 1. The molecule has 0 aromatic heterocycles. The summed E-state index contributed by atoms with van der Waals surface area (Å²) < 4.78 is 18.3. The normalized spacial score (nSPS) is 22.1. The molecule has 6 heteroatoms. The summed E-state index contributed by atoms with van der Waals surface area (Å²) in [6, 6.07) is 5.89. The molecule has 25 heavy (non-hydrogen) atoms. The number of hydrogen-bond acceptors (Lipinski definition) is 3. The number of amides is 2. The summed E-state index contributed by atoms with van der Waals surface area (Å²) in [5.41, 5.74) is 0.928. The van der Waals surface area contributed by atoms with Crippen LogP contribution in [0.4, 0.5) is 4.39 Å². The second-order valence-corrected chi connectivity index (χ2v) is 6.86. The fourth-order valence-corrected chi connectivity index (χ4v) is 3.63. The van der Waals surface area contributed by atoms with Gasteiger partial charge in [0.05, 0.1) is 13.2 Å². The second-order valence-electron chi connectivity index (χ2n) is 6.86. The van der Waals surface area contributed by atoms with E-state index in [1.165, 1.54) is 12.1 Å². The van der Waals surface area contributed by atoms with Gasteiger partial charge >= 0.3 is 0 Å². The van der Waals surface area contributed by atoms with E-state index in [4.69, 9.17) is 4.74 Å². The Bertz CT molecular complexity index is 614. The van der Waals surface area contributed by atoms with E-state index in [9.17, 15) is 14.0 Å². The molecule has 0 spiro atoms. The van der Waals surface area contributed by atoms with E-state index in [0.29, 0.717) is 39.3 Å². The van der Waals surface area contributed by atoms with Gasteiger partial charge in [0.15, 0.2) is 0 Å². The standard InChI is InChI=1S/C19H25FN2O3/c1-14(13-15-4-6-16(20)7-5-15)18(23)22-8-2-3-17(22)19(24)21-9-11-25-12-10-21/h4-7,14,17H,2-3,8-13H2,1H3/t14?,17-/m1/s1. The zero-order valence-corrected chi connectivity index (χ0v) is 14.6. The second kappa shape index (κ2) is 7.95. The first kappa shape index (κ1) is 17.9. The summed E-state index contributed by atoms with van der Waals surface area (Å²) in [6.07, 6.45) is 2.13. The third-order valence-electron chi connectivity index (χ3n) is 5.02. The topological polar surface area (TPSA) is 49.9 Å². The molecule has 2 aliphatic heterocycles. The van der Waals surface area contributed by atoms with Crippen molar-refractivity contribution in [2.75, 3.05) is 32.8 Å². The fraction of sp³-hybridized carbons (Fsp3) is 0.579. The highest BCUT2D eigenvalue weighted by atomic mass is 19.1. The highest BCUT2D eigenvalue weighted by Gasteiger charge is 2.38. The molecule has 5 nitrogen and oxygen atoms in total. The number of carbonyl (C=O) groups excluding carboxylic acids is 2. The minimum Gasteiger partial charge on any atom is -0.378 e. The molecule has 136 valence electrons. The Hall–Kier alpha value is -1.95. The first-order valence-corrected chi connectivity index (χ1v) is 8.97. The number of rotatable bonds is 4. The molecule has 2 amide bonds. The van der Waals surface area contributed by atoms with Crippen LogP contribution in [0.1, 0.15) is 25.3 Å². The van der Waals surface area contributed by atoms with Crippen molar-refractivity contribution in [2.45, 2.75) is 32.2 Å². The minimum absolute atomic E-state index is 0.00781. The van der Waals surface area contributed by atoms with Crippen LogP contribution in [0, 0.1) is 11.7 Å². The predicted octanol–water partition coefficient (Wildman–Crippen LogP) is 1.85. The molecule has 0 bridgehead atoms. The van der Waals surface area contributed by atoms with Gasteiger partial charge < -0.3 is 14.5 Å². The lowest BCUT2D eigenvalue weighted by molar-refractivity contribution is -0.148. The Balaban J connectivity index is 1.63. The molecule has 3 rings (SSSR count). The molecule has 0 N–H and O–H groups in total. The molecule has 2 heterocycles. The van der Waals surface area contributed by atoms with E-state index in [1.54, 1.807) is 17.0 Å². The first-order valence-electron chi connectivity index (χ1n) is 8.97. The van der Waals surface area contributed by atoms with Crippen LogP contribution in [0.2, 0.25) is 0 Å². The predicted molar refractivity (Wildman–Crippen MR) is 91.4 cm³/mol. The summed E-state index contributed by atoms with van der Waals surface area (Å²) in [5, 5.41) is 0. The maximum absolute atomic E-state index is 13.0. The van der Waals surface area contributed by atoms with Gasteiger partial charge in [0.25, 0.3) is 0 Å². The largest absolute Gasteiger partial charge is 0.378 e. The summed E-state index contributed by atoms with van der Waals surface area (Å²) in [7, 11) is 0. The summed E-state index contributed by atoms with van der Waals surface area (Å²) in [4.78, 5) is 29.2. The maximum atomic E-state index is 13.0. The minimum atomic E-state index is -0.346. The van der Waals surface area contributed by atoms with Crippen molar-refractivity contribution in [1.82, 2.24) is 9.80 Å². The van der Waals surface area contributed by atoms with Gasteiger partial charge in [0.2, 0.25) is 11.8 Å². The monoisotopic (exact) mass is 348 g/mol. The van der Waals surface area contributed by atoms with Gasteiger partial charge in [-0.25, -0.2) is 4.39 Å². The van der Waals surface area contributed by atoms with Crippen molar-refractivity contribution in [3.05, 3.63) is 35.6 Å². The van der Waals surface area contributed by atoms with Crippen molar-refractivity contribution < 1.29 is 18.7 Å². The quantitative estimate of drug-likeness (QED) is 0.834. The molecule has 1 aromatic carbocycles. The van der Waals surface area contributed by atoms with Gasteiger partial charge in [-0.15, -0.1) is 0 Å². The smallest absolute Gasteiger partial charge is 0.245 e. The average Bonchev–Trinajstić information content (AvgIpc) is 3.12. The Morgan fingerprint density at radius 3 is 2.56 bits per heavy atom. The van der Waals surface area contributed by atoms with Crippen molar-refractivity contribution >= 4 is 11.8 Å². The molecule has 0 radical (unpaired) electrons. The van der Waals surface area contributed by atoms with E-state index in [2.05, 4.69) is 0 Å². The summed E-state index contributed by atoms with van der Waals surface area (Å²) >= 11 is 0. The number of carbonyl (C=O) groups is 2. The van der Waals surface area contributed by atoms with Crippen molar-refractivity contribution in [3.8, 4) is 0 Å². The van der Waals surface area contributed by atoms with Crippen LogP contribution >= 0.6 is 0 Å². The summed E-state index contributed by atoms with van der Waals surface area (Å²) in [6.45, 7) is 4.83. The lowest BCUT2D eigenvalue weighted by Gasteiger charge is -2.33. The number of halogens is 1. The maximum Gasteiger partial charge on any atom is 0.245 e. The number of hydrogen-bond donors (Lipinski definition) is 0. The van der Waals surface area contributed by atoms with Gasteiger partial charge in [-0.05, 0) is 37.0 Å². The number of likely N-dealkylation sites (tertiary alicyclic amines) is 1. The van der Waals surface area contributed by atoms with Crippen LogP contribution in [0.3, 0.4) is 0 Å². The van der Waals surface area contributed by atoms with Crippen LogP contribution in [0.25, 0.3) is 0 Å². The number of morpholine rings is 1. The average molecular weight is 348 g/mol. The van der Waals surface area contributed by atoms with Gasteiger partial charge in [0.1, 0.15) is 11.9 Å². The molecule has 2 fully saturated rings. The Morgan fingerprint density at radius 2 is 1.88 bits per heavy atom. The van der Waals surface area contributed by atoms with Gasteiger partial charge in [-0.1, -0.05) is 19.1 Å². The molecule has 2 saturated heterocycles. The number of nitrogens with zero attached hydrogens (tertiary/aromatic N) is 2. The van der Waals surface area contributed by atoms with E-state index in [-0.39, 0.29) is 29.6 Å². The highest BCUT2D eigenvalue weighted by molar-refractivity contribution is 5.89. The molecular formula is C19H25FN2O3. The Labute approximate surface area is 147 Å². The van der Waals surface area contributed by atoms with E-state index in [0.717, 1.165) is 18.4 Å². The first-order chi connectivity index (χ1) is 12.1. The van der Waals surface area contributed by atoms with Crippen molar-refractivity contribution in [3.63, 3.8) is 0 Å². The molecule has 2 aliphatic rings. The zero-order chi connectivity index (χ0) is 17.8. The van der Waals surface area contributed by atoms with Crippen molar-refractivity contribution in [1.29, 1.82) is 0 Å². The van der Waals surface area contributed by atoms with E-state index in [1.807, 2.05) is 11.8 Å². The lowest BCUT2D eigenvalue weighted by Crippen LogP contribution is -2.52. The molecule has 1 unspecified atom stereocenters. The lowest BCUT2D eigenvalue weighted by atomic mass is 9.99. The fourth-order valence-electron chi connectivity index (χ4n) is 3.63. The van der Waals surface area contributed by atoms with Gasteiger partial charge in [0, 0.05) is 25.6 Å². The molecule has 1 aromatic rings. The van der Waals surface area contributed by atoms with Crippen LogP contribution < -0.4 is 0 Å². The molecule has 0 aliphatic carbocycles. The van der Waals surface area contributed by atoms with E-state index >= 15 is 0 Å². The SMILES string of the molecule is CC(Cc1ccc(F)cc1)C(=O)N1CCC[C@@H]1C(=O)N1CCOCC1.